The maximum Gasteiger partial charge on any atom is 0.416 e. The molecular weight excluding hydrogens is 269 g/mol. The number of benzene rings is 1. The molecule has 2 N–H and O–H groups in total. The molecular formula is C14H13F3N2O. The Morgan fingerprint density at radius 2 is 1.85 bits per heavy atom. The lowest BCUT2D eigenvalue weighted by Gasteiger charge is -2.18. The number of halogens is 3. The molecule has 6 heteroatoms. The molecule has 0 aliphatic heterocycles. The van der Waals surface area contributed by atoms with Gasteiger partial charge < -0.3 is 10.5 Å². The molecule has 2 rings (SSSR count). The van der Waals surface area contributed by atoms with E-state index in [9.17, 15) is 13.2 Å². The van der Waals surface area contributed by atoms with Gasteiger partial charge in [0.05, 0.1) is 5.56 Å². The molecule has 0 radical (unpaired) electrons. The fourth-order valence-electron chi connectivity index (χ4n) is 1.74. The zero-order valence-electron chi connectivity index (χ0n) is 10.5. The molecule has 0 amide bonds. The van der Waals surface area contributed by atoms with Crippen molar-refractivity contribution in [2.45, 2.75) is 12.3 Å². The van der Waals surface area contributed by atoms with Crippen LogP contribution in [0.2, 0.25) is 0 Å². The highest BCUT2D eigenvalue weighted by Gasteiger charge is 2.30. The smallest absolute Gasteiger partial charge is 0.416 e. The standard InChI is InChI=1S/C14H13F3N2O/c15-14(16,17)11-2-1-3-12(8-11)20-13(9-18)10-4-6-19-7-5-10/h1-8,13H,9,18H2. The summed E-state index contributed by atoms with van der Waals surface area (Å²) in [5.74, 6) is 0.132. The number of rotatable bonds is 4. The van der Waals surface area contributed by atoms with Crippen LogP contribution in [-0.4, -0.2) is 11.5 Å². The van der Waals surface area contributed by atoms with Crippen LogP contribution in [0.3, 0.4) is 0 Å². The summed E-state index contributed by atoms with van der Waals surface area (Å²) in [4.78, 5) is 3.87. The van der Waals surface area contributed by atoms with E-state index >= 15 is 0 Å². The van der Waals surface area contributed by atoms with Crippen LogP contribution < -0.4 is 10.5 Å². The average molecular weight is 282 g/mol. The van der Waals surface area contributed by atoms with Gasteiger partial charge in [0.15, 0.2) is 0 Å². The molecule has 1 unspecified atom stereocenters. The van der Waals surface area contributed by atoms with Crippen molar-refractivity contribution in [1.29, 1.82) is 0 Å². The lowest BCUT2D eigenvalue weighted by Crippen LogP contribution is -2.18. The predicted molar refractivity (Wildman–Crippen MR) is 68.1 cm³/mol. The minimum Gasteiger partial charge on any atom is -0.484 e. The first kappa shape index (κ1) is 14.3. The zero-order valence-corrected chi connectivity index (χ0v) is 10.5. The van der Waals surface area contributed by atoms with E-state index in [4.69, 9.17) is 10.5 Å². The number of hydrogen-bond donors (Lipinski definition) is 1. The highest BCUT2D eigenvalue weighted by atomic mass is 19.4. The van der Waals surface area contributed by atoms with Gasteiger partial charge in [-0.2, -0.15) is 13.2 Å². The Bertz CT molecular complexity index is 558. The Morgan fingerprint density at radius 3 is 2.45 bits per heavy atom. The van der Waals surface area contributed by atoms with Crippen molar-refractivity contribution in [3.05, 3.63) is 59.9 Å². The molecule has 0 bridgehead atoms. The van der Waals surface area contributed by atoms with Crippen LogP contribution in [0.1, 0.15) is 17.2 Å². The third kappa shape index (κ3) is 3.48. The minimum atomic E-state index is -4.39. The maximum atomic E-state index is 12.6. The quantitative estimate of drug-likeness (QED) is 0.937. The maximum absolute atomic E-state index is 12.6. The van der Waals surface area contributed by atoms with E-state index in [1.54, 1.807) is 24.5 Å². The Hall–Kier alpha value is -2.08. The van der Waals surface area contributed by atoms with Crippen molar-refractivity contribution in [2.24, 2.45) is 5.73 Å². The van der Waals surface area contributed by atoms with Crippen LogP contribution in [0.5, 0.6) is 5.75 Å². The van der Waals surface area contributed by atoms with Crippen LogP contribution in [0, 0.1) is 0 Å². The van der Waals surface area contributed by atoms with Crippen molar-refractivity contribution < 1.29 is 17.9 Å². The van der Waals surface area contributed by atoms with Gasteiger partial charge in [0, 0.05) is 18.9 Å². The molecule has 1 aromatic carbocycles. The van der Waals surface area contributed by atoms with E-state index in [0.717, 1.165) is 17.7 Å². The van der Waals surface area contributed by atoms with Crippen LogP contribution in [-0.2, 0) is 6.18 Å². The lowest BCUT2D eigenvalue weighted by molar-refractivity contribution is -0.137. The monoisotopic (exact) mass is 282 g/mol. The summed E-state index contributed by atoms with van der Waals surface area (Å²) in [6.45, 7) is 0.153. The fraction of sp³-hybridized carbons (Fsp3) is 0.214. The molecule has 2 aromatic rings. The van der Waals surface area contributed by atoms with E-state index in [-0.39, 0.29) is 12.3 Å². The van der Waals surface area contributed by atoms with Crippen molar-refractivity contribution in [3.8, 4) is 5.75 Å². The second-order valence-corrected chi connectivity index (χ2v) is 4.15. The van der Waals surface area contributed by atoms with Crippen molar-refractivity contribution in [3.63, 3.8) is 0 Å². The summed E-state index contributed by atoms with van der Waals surface area (Å²) < 4.78 is 43.4. The molecule has 0 aliphatic carbocycles. The molecule has 106 valence electrons. The lowest BCUT2D eigenvalue weighted by atomic mass is 10.1. The molecule has 20 heavy (non-hydrogen) atoms. The molecule has 0 saturated heterocycles. The number of ether oxygens (including phenoxy) is 1. The number of hydrogen-bond acceptors (Lipinski definition) is 3. The van der Waals surface area contributed by atoms with Crippen LogP contribution >= 0.6 is 0 Å². The van der Waals surface area contributed by atoms with Gasteiger partial charge in [0.1, 0.15) is 11.9 Å². The Kier molecular flexibility index (Phi) is 4.24. The SMILES string of the molecule is NCC(Oc1cccc(C(F)(F)F)c1)c1ccncc1. The summed E-state index contributed by atoms with van der Waals surface area (Å²) in [5, 5.41) is 0. The Morgan fingerprint density at radius 1 is 1.15 bits per heavy atom. The van der Waals surface area contributed by atoms with E-state index < -0.39 is 17.8 Å². The Balaban J connectivity index is 2.20. The first-order chi connectivity index (χ1) is 9.50. The number of nitrogens with zero attached hydrogens (tertiary/aromatic N) is 1. The normalized spacial score (nSPS) is 13.0. The largest absolute Gasteiger partial charge is 0.484 e. The fourth-order valence-corrected chi connectivity index (χ4v) is 1.74. The van der Waals surface area contributed by atoms with Gasteiger partial charge in [-0.05, 0) is 35.9 Å². The summed E-state index contributed by atoms with van der Waals surface area (Å²) >= 11 is 0. The van der Waals surface area contributed by atoms with Gasteiger partial charge in [-0.25, -0.2) is 0 Å². The summed E-state index contributed by atoms with van der Waals surface area (Å²) in [7, 11) is 0. The van der Waals surface area contributed by atoms with Gasteiger partial charge in [-0.15, -0.1) is 0 Å². The number of alkyl halides is 3. The highest BCUT2D eigenvalue weighted by molar-refractivity contribution is 5.31. The number of pyridine rings is 1. The molecule has 0 fully saturated rings. The highest BCUT2D eigenvalue weighted by Crippen LogP contribution is 2.32. The van der Waals surface area contributed by atoms with Crippen LogP contribution in [0.4, 0.5) is 13.2 Å². The van der Waals surface area contributed by atoms with E-state index in [1.807, 2.05) is 0 Å². The zero-order chi connectivity index (χ0) is 14.6. The summed E-state index contributed by atoms with van der Waals surface area (Å²) in [6, 6.07) is 8.16. The molecule has 0 spiro atoms. The van der Waals surface area contributed by atoms with Gasteiger partial charge in [0.25, 0.3) is 0 Å². The van der Waals surface area contributed by atoms with Gasteiger partial charge in [-0.1, -0.05) is 6.07 Å². The molecule has 3 nitrogen and oxygen atoms in total. The third-order valence-corrected chi connectivity index (χ3v) is 2.73. The third-order valence-electron chi connectivity index (χ3n) is 2.73. The molecule has 1 aromatic heterocycles. The van der Waals surface area contributed by atoms with Gasteiger partial charge in [0.2, 0.25) is 0 Å². The van der Waals surface area contributed by atoms with E-state index in [2.05, 4.69) is 4.98 Å². The van der Waals surface area contributed by atoms with E-state index in [0.29, 0.717) is 0 Å². The molecule has 1 heterocycles. The molecule has 0 saturated carbocycles. The average Bonchev–Trinajstić information content (AvgIpc) is 2.45. The van der Waals surface area contributed by atoms with Crippen LogP contribution in [0.25, 0.3) is 0 Å². The summed E-state index contributed by atoms with van der Waals surface area (Å²) in [6.07, 6.45) is -1.75. The van der Waals surface area contributed by atoms with Crippen molar-refractivity contribution in [1.82, 2.24) is 4.98 Å². The predicted octanol–water partition coefficient (Wildman–Crippen LogP) is 3.18. The van der Waals surface area contributed by atoms with Gasteiger partial charge >= 0.3 is 6.18 Å². The second-order valence-electron chi connectivity index (χ2n) is 4.15. The number of aromatic nitrogens is 1. The van der Waals surface area contributed by atoms with Crippen molar-refractivity contribution >= 4 is 0 Å². The van der Waals surface area contributed by atoms with Gasteiger partial charge in [-0.3, -0.25) is 4.98 Å². The molecule has 1 atom stereocenters. The second kappa shape index (κ2) is 5.92. The first-order valence-electron chi connectivity index (χ1n) is 5.94. The summed E-state index contributed by atoms with van der Waals surface area (Å²) in [5.41, 5.74) is 5.62. The molecule has 0 aliphatic rings. The number of nitrogens with two attached hydrogens (primary N) is 1. The van der Waals surface area contributed by atoms with Crippen LogP contribution in [0.15, 0.2) is 48.8 Å². The first-order valence-corrected chi connectivity index (χ1v) is 5.94. The van der Waals surface area contributed by atoms with E-state index in [1.165, 1.54) is 12.1 Å². The van der Waals surface area contributed by atoms with Crippen molar-refractivity contribution in [2.75, 3.05) is 6.54 Å². The topological polar surface area (TPSA) is 48.1 Å². The minimum absolute atomic E-state index is 0.132. The Labute approximate surface area is 114 Å².